The topological polar surface area (TPSA) is 73.2 Å². The van der Waals surface area contributed by atoms with Crippen molar-refractivity contribution in [2.24, 2.45) is 0 Å². The third kappa shape index (κ3) is 3.03. The lowest BCUT2D eigenvalue weighted by atomic mass is 10.1. The van der Waals surface area contributed by atoms with Crippen LogP contribution in [0.15, 0.2) is 54.6 Å². The summed E-state index contributed by atoms with van der Waals surface area (Å²) in [5, 5.41) is 6.81. The average molecular weight is 295 g/mol. The smallest absolute Gasteiger partial charge is 0.161 e. The largest absolute Gasteiger partial charge is 0.493 e. The summed E-state index contributed by atoms with van der Waals surface area (Å²) in [5.41, 5.74) is 8.51. The van der Waals surface area contributed by atoms with Gasteiger partial charge in [0.05, 0.1) is 12.8 Å². The highest BCUT2D eigenvalue weighted by Gasteiger charge is 2.09. The number of ether oxygens (including phenoxy) is 2. The van der Waals surface area contributed by atoms with Crippen molar-refractivity contribution in [3.8, 4) is 22.8 Å². The van der Waals surface area contributed by atoms with Gasteiger partial charge in [0.25, 0.3) is 0 Å². The van der Waals surface area contributed by atoms with E-state index in [1.54, 1.807) is 13.2 Å². The number of nitrogen functional groups attached to an aromatic ring is 1. The number of nitrogens with one attached hydrogen (secondary N) is 1. The van der Waals surface area contributed by atoms with Gasteiger partial charge in [0, 0.05) is 11.6 Å². The van der Waals surface area contributed by atoms with Crippen LogP contribution in [0.3, 0.4) is 0 Å². The molecule has 0 saturated heterocycles. The molecule has 0 saturated carbocycles. The molecule has 1 heterocycles. The van der Waals surface area contributed by atoms with E-state index < -0.39 is 0 Å². The highest BCUT2D eigenvalue weighted by Crippen LogP contribution is 2.32. The molecule has 0 aliphatic heterocycles. The highest BCUT2D eigenvalue weighted by atomic mass is 16.5. The Kier molecular flexibility index (Phi) is 3.96. The minimum atomic E-state index is 0.457. The summed E-state index contributed by atoms with van der Waals surface area (Å²) in [6, 6.07) is 17.5. The molecule has 0 fully saturated rings. The lowest BCUT2D eigenvalue weighted by molar-refractivity contribution is 0.284. The fourth-order valence-corrected chi connectivity index (χ4v) is 2.17. The van der Waals surface area contributed by atoms with E-state index in [0.717, 1.165) is 16.8 Å². The van der Waals surface area contributed by atoms with E-state index in [2.05, 4.69) is 10.2 Å². The number of aromatic amines is 1. The molecule has 0 amide bonds. The number of H-pyrrole nitrogens is 1. The lowest BCUT2D eigenvalue weighted by Gasteiger charge is -2.12. The summed E-state index contributed by atoms with van der Waals surface area (Å²) < 4.78 is 11.2. The van der Waals surface area contributed by atoms with E-state index in [4.69, 9.17) is 15.2 Å². The first-order chi connectivity index (χ1) is 10.8. The number of nitrogens with two attached hydrogens (primary N) is 1. The molecule has 0 atom stereocenters. The van der Waals surface area contributed by atoms with Crippen LogP contribution in [0.25, 0.3) is 11.3 Å². The number of hydrogen-bond donors (Lipinski definition) is 2. The summed E-state index contributed by atoms with van der Waals surface area (Å²) in [5.74, 6) is 1.82. The maximum absolute atomic E-state index is 5.83. The Labute approximate surface area is 128 Å². The molecule has 0 radical (unpaired) electrons. The SMILES string of the molecule is COc1cc(-c2cc(N)n[nH]2)ccc1OCc1ccccc1. The van der Waals surface area contributed by atoms with Crippen LogP contribution >= 0.6 is 0 Å². The molecule has 0 unspecified atom stereocenters. The second kappa shape index (κ2) is 6.22. The second-order valence-corrected chi connectivity index (χ2v) is 4.85. The zero-order valence-electron chi connectivity index (χ0n) is 12.2. The van der Waals surface area contributed by atoms with Gasteiger partial charge >= 0.3 is 0 Å². The average Bonchev–Trinajstić information content (AvgIpc) is 3.00. The molecule has 3 aromatic rings. The summed E-state index contributed by atoms with van der Waals surface area (Å²) >= 11 is 0. The third-order valence-corrected chi connectivity index (χ3v) is 3.31. The van der Waals surface area contributed by atoms with Crippen molar-refractivity contribution in [3.63, 3.8) is 0 Å². The third-order valence-electron chi connectivity index (χ3n) is 3.31. The van der Waals surface area contributed by atoms with Gasteiger partial charge in [-0.05, 0) is 23.8 Å². The van der Waals surface area contributed by atoms with Crippen molar-refractivity contribution in [2.75, 3.05) is 12.8 Å². The van der Waals surface area contributed by atoms with Crippen molar-refractivity contribution >= 4 is 5.82 Å². The molecule has 3 rings (SSSR count). The Bertz CT molecular complexity index is 754. The van der Waals surface area contributed by atoms with Crippen LogP contribution in [-0.2, 0) is 6.61 Å². The van der Waals surface area contributed by atoms with Gasteiger partial charge < -0.3 is 15.2 Å². The van der Waals surface area contributed by atoms with E-state index in [1.165, 1.54) is 0 Å². The van der Waals surface area contributed by atoms with Crippen molar-refractivity contribution in [3.05, 3.63) is 60.2 Å². The fraction of sp³-hybridized carbons (Fsp3) is 0.118. The lowest BCUT2D eigenvalue weighted by Crippen LogP contribution is -1.97. The van der Waals surface area contributed by atoms with Gasteiger partial charge in [-0.1, -0.05) is 30.3 Å². The van der Waals surface area contributed by atoms with Gasteiger partial charge in [0.15, 0.2) is 11.5 Å². The predicted molar refractivity (Wildman–Crippen MR) is 85.8 cm³/mol. The summed E-state index contributed by atoms with van der Waals surface area (Å²) in [4.78, 5) is 0. The molecule has 0 aliphatic carbocycles. The van der Waals surface area contributed by atoms with Crippen LogP contribution in [-0.4, -0.2) is 17.3 Å². The number of rotatable bonds is 5. The van der Waals surface area contributed by atoms with Crippen LogP contribution < -0.4 is 15.2 Å². The molecule has 0 aliphatic rings. The van der Waals surface area contributed by atoms with E-state index >= 15 is 0 Å². The fourth-order valence-electron chi connectivity index (χ4n) is 2.17. The first-order valence-electron chi connectivity index (χ1n) is 6.92. The van der Waals surface area contributed by atoms with Crippen molar-refractivity contribution in [1.29, 1.82) is 0 Å². The van der Waals surface area contributed by atoms with Crippen molar-refractivity contribution < 1.29 is 9.47 Å². The number of benzene rings is 2. The zero-order chi connectivity index (χ0) is 15.4. The van der Waals surface area contributed by atoms with E-state index in [1.807, 2.05) is 48.5 Å². The Balaban J connectivity index is 1.80. The van der Waals surface area contributed by atoms with E-state index in [0.29, 0.717) is 23.9 Å². The van der Waals surface area contributed by atoms with Gasteiger partial charge in [-0.15, -0.1) is 0 Å². The van der Waals surface area contributed by atoms with Crippen LogP contribution in [0.5, 0.6) is 11.5 Å². The van der Waals surface area contributed by atoms with Gasteiger partial charge in [-0.3, -0.25) is 5.10 Å². The minimum absolute atomic E-state index is 0.457. The van der Waals surface area contributed by atoms with Crippen molar-refractivity contribution in [2.45, 2.75) is 6.61 Å². The summed E-state index contributed by atoms with van der Waals surface area (Å²) in [7, 11) is 1.62. The number of hydrogen-bond acceptors (Lipinski definition) is 4. The number of nitrogens with zero attached hydrogens (tertiary/aromatic N) is 1. The normalized spacial score (nSPS) is 10.4. The van der Waals surface area contributed by atoms with Crippen LogP contribution in [0.2, 0.25) is 0 Å². The molecule has 1 aromatic heterocycles. The summed E-state index contributed by atoms with van der Waals surface area (Å²) in [6.07, 6.45) is 0. The van der Waals surface area contributed by atoms with Gasteiger partial charge in [0.1, 0.15) is 12.4 Å². The molecule has 22 heavy (non-hydrogen) atoms. The Morgan fingerprint density at radius 3 is 2.55 bits per heavy atom. The predicted octanol–water partition coefficient (Wildman–Crippen LogP) is 3.25. The quantitative estimate of drug-likeness (QED) is 0.758. The molecule has 5 heteroatoms. The molecular weight excluding hydrogens is 278 g/mol. The van der Waals surface area contributed by atoms with Crippen LogP contribution in [0.4, 0.5) is 5.82 Å². The van der Waals surface area contributed by atoms with Crippen molar-refractivity contribution in [1.82, 2.24) is 10.2 Å². The van der Waals surface area contributed by atoms with E-state index in [-0.39, 0.29) is 0 Å². The zero-order valence-corrected chi connectivity index (χ0v) is 12.2. The molecule has 0 spiro atoms. The van der Waals surface area contributed by atoms with Gasteiger partial charge in [-0.2, -0.15) is 5.10 Å². The van der Waals surface area contributed by atoms with Gasteiger partial charge in [0.2, 0.25) is 0 Å². The number of methoxy groups -OCH3 is 1. The van der Waals surface area contributed by atoms with E-state index in [9.17, 15) is 0 Å². The van der Waals surface area contributed by atoms with Crippen LogP contribution in [0.1, 0.15) is 5.56 Å². The summed E-state index contributed by atoms with van der Waals surface area (Å²) in [6.45, 7) is 0.494. The molecule has 0 bridgehead atoms. The monoisotopic (exact) mass is 295 g/mol. The maximum atomic E-state index is 5.83. The number of anilines is 1. The van der Waals surface area contributed by atoms with Gasteiger partial charge in [-0.25, -0.2) is 0 Å². The molecule has 3 N–H and O–H groups in total. The van der Waals surface area contributed by atoms with Crippen LogP contribution in [0, 0.1) is 0 Å². The maximum Gasteiger partial charge on any atom is 0.161 e. The standard InChI is InChI=1S/C17H17N3O2/c1-21-16-9-13(14-10-17(18)20-19-14)7-8-15(16)22-11-12-5-3-2-4-6-12/h2-10H,11H2,1H3,(H3,18,19,20). The molecule has 5 nitrogen and oxygen atoms in total. The molecular formula is C17H17N3O2. The Morgan fingerprint density at radius 2 is 1.86 bits per heavy atom. The minimum Gasteiger partial charge on any atom is -0.493 e. The first kappa shape index (κ1) is 14.0. The molecule has 2 aromatic carbocycles. The number of aromatic nitrogens is 2. The first-order valence-corrected chi connectivity index (χ1v) is 6.92. The molecule has 112 valence electrons. The second-order valence-electron chi connectivity index (χ2n) is 4.85. The highest BCUT2D eigenvalue weighted by molar-refractivity contribution is 5.65. The Hall–Kier alpha value is -2.95. The Morgan fingerprint density at radius 1 is 1.05 bits per heavy atom.